The number of nitrogens with one attached hydrogen (secondary N) is 2. The maximum absolute atomic E-state index is 12.4. The molecule has 0 unspecified atom stereocenters. The number of hydrogen-bond donors (Lipinski definition) is 4. The van der Waals surface area contributed by atoms with Crippen molar-refractivity contribution in [1.82, 2.24) is 15.5 Å². The van der Waals surface area contributed by atoms with Crippen LogP contribution >= 0.6 is 0 Å². The lowest BCUT2D eigenvalue weighted by atomic mass is 10.1. The Balaban J connectivity index is 5.10. The van der Waals surface area contributed by atoms with E-state index in [0.717, 1.165) is 11.3 Å². The van der Waals surface area contributed by atoms with Crippen LogP contribution in [0.25, 0.3) is 0 Å². The van der Waals surface area contributed by atoms with Crippen LogP contribution in [0.1, 0.15) is 53.4 Å². The van der Waals surface area contributed by atoms with Crippen molar-refractivity contribution in [2.24, 2.45) is 5.73 Å². The second-order valence-corrected chi connectivity index (χ2v) is 6.34. The van der Waals surface area contributed by atoms with Crippen LogP contribution in [0.15, 0.2) is 0 Å². The van der Waals surface area contributed by atoms with E-state index in [2.05, 4.69) is 10.6 Å². The summed E-state index contributed by atoms with van der Waals surface area (Å²) in [5.41, 5.74) is 5.56. The first kappa shape index (κ1) is 24.5. The molecule has 5 N–H and O–H groups in total. The Morgan fingerprint density at radius 1 is 1.04 bits per heavy atom. The molecule has 154 valence electrons. The van der Waals surface area contributed by atoms with E-state index in [9.17, 15) is 24.0 Å². The number of carbonyl (C=O) groups is 5. The third-order valence-electron chi connectivity index (χ3n) is 3.74. The van der Waals surface area contributed by atoms with Gasteiger partial charge in [0.1, 0.15) is 12.1 Å². The smallest absolute Gasteiger partial charge is 0.303 e. The number of nitrogens with two attached hydrogens (primary N) is 1. The Morgan fingerprint density at radius 2 is 1.63 bits per heavy atom. The largest absolute Gasteiger partial charge is 0.481 e. The molecule has 0 spiro atoms. The van der Waals surface area contributed by atoms with Gasteiger partial charge in [0.2, 0.25) is 23.6 Å². The van der Waals surface area contributed by atoms with Gasteiger partial charge in [0, 0.05) is 19.4 Å². The fraction of sp³-hybridized carbons (Fsp3) is 0.706. The van der Waals surface area contributed by atoms with Crippen molar-refractivity contribution in [1.29, 1.82) is 0 Å². The van der Waals surface area contributed by atoms with Crippen molar-refractivity contribution in [2.75, 3.05) is 6.54 Å². The number of carboxylic acids is 1. The summed E-state index contributed by atoms with van der Waals surface area (Å²) in [5, 5.41) is 13.7. The molecule has 0 aliphatic carbocycles. The topological polar surface area (TPSA) is 159 Å². The summed E-state index contributed by atoms with van der Waals surface area (Å²) >= 11 is 0. The summed E-state index contributed by atoms with van der Waals surface area (Å²) in [7, 11) is 0. The molecule has 27 heavy (non-hydrogen) atoms. The van der Waals surface area contributed by atoms with Crippen LogP contribution in [0.4, 0.5) is 0 Å². The van der Waals surface area contributed by atoms with Crippen LogP contribution in [0, 0.1) is 0 Å². The van der Waals surface area contributed by atoms with Crippen LogP contribution < -0.4 is 16.4 Å². The molecule has 10 heteroatoms. The number of imide groups is 1. The normalized spacial score (nSPS) is 13.8. The number of nitrogens with zero attached hydrogens (tertiary/aromatic N) is 1. The van der Waals surface area contributed by atoms with Crippen molar-refractivity contribution < 1.29 is 29.1 Å². The molecule has 0 fully saturated rings. The molecule has 0 aliphatic rings. The highest BCUT2D eigenvalue weighted by Crippen LogP contribution is 2.09. The molecule has 0 aromatic carbocycles. The van der Waals surface area contributed by atoms with E-state index in [0.29, 0.717) is 6.54 Å². The molecular formula is C17H30N4O6. The van der Waals surface area contributed by atoms with E-state index in [1.165, 1.54) is 20.8 Å². The Bertz CT molecular complexity index is 564. The lowest BCUT2D eigenvalue weighted by molar-refractivity contribution is -0.152. The van der Waals surface area contributed by atoms with E-state index in [1.54, 1.807) is 0 Å². The lowest BCUT2D eigenvalue weighted by Crippen LogP contribution is -2.57. The van der Waals surface area contributed by atoms with E-state index in [1.807, 2.05) is 6.92 Å². The summed E-state index contributed by atoms with van der Waals surface area (Å²) in [6, 6.07) is -3.06. The molecule has 0 aliphatic heterocycles. The van der Waals surface area contributed by atoms with Gasteiger partial charge in [0.05, 0.1) is 6.04 Å². The minimum atomic E-state index is -1.19. The molecule has 0 saturated heterocycles. The zero-order chi connectivity index (χ0) is 21.1. The SMILES string of the molecule is CCCNC(=O)[C@H](C)NC(=O)[C@H](C)N(C(=O)CCCC(=O)O)C(=O)[C@H](C)N. The van der Waals surface area contributed by atoms with Crippen LogP contribution in [0.2, 0.25) is 0 Å². The molecule has 0 radical (unpaired) electrons. The van der Waals surface area contributed by atoms with Gasteiger partial charge in [0.25, 0.3) is 0 Å². The van der Waals surface area contributed by atoms with Gasteiger partial charge >= 0.3 is 5.97 Å². The standard InChI is InChI=1S/C17H30N4O6/c1-5-9-19-15(25)11(3)20-16(26)12(4)21(17(27)10(2)18)13(22)7-6-8-14(23)24/h10-12H,5-9,18H2,1-4H3,(H,19,25)(H,20,26)(H,23,24)/t10-,11-,12-/m0/s1. The quantitative estimate of drug-likeness (QED) is 0.367. The molecule has 10 nitrogen and oxygen atoms in total. The minimum absolute atomic E-state index is 0.0288. The highest BCUT2D eigenvalue weighted by Gasteiger charge is 2.33. The average molecular weight is 386 g/mol. The van der Waals surface area contributed by atoms with Gasteiger partial charge in [-0.3, -0.25) is 28.9 Å². The first-order valence-electron chi connectivity index (χ1n) is 8.94. The summed E-state index contributed by atoms with van der Waals surface area (Å²) < 4.78 is 0. The van der Waals surface area contributed by atoms with Crippen molar-refractivity contribution in [3.63, 3.8) is 0 Å². The fourth-order valence-electron chi connectivity index (χ4n) is 2.18. The van der Waals surface area contributed by atoms with Gasteiger partial charge in [0.15, 0.2) is 0 Å². The molecule has 0 aromatic heterocycles. The molecule has 0 heterocycles. The maximum atomic E-state index is 12.4. The van der Waals surface area contributed by atoms with E-state index >= 15 is 0 Å². The first-order valence-corrected chi connectivity index (χ1v) is 8.94. The first-order chi connectivity index (χ1) is 12.5. The Kier molecular flexibility index (Phi) is 10.9. The molecule has 3 atom stereocenters. The maximum Gasteiger partial charge on any atom is 0.303 e. The third-order valence-corrected chi connectivity index (χ3v) is 3.74. The molecule has 0 aromatic rings. The minimum Gasteiger partial charge on any atom is -0.481 e. The Hall–Kier alpha value is -2.49. The molecule has 0 bridgehead atoms. The summed E-state index contributed by atoms with van der Waals surface area (Å²) in [6.07, 6.45) is 0.321. The number of aliphatic carboxylic acids is 1. The summed E-state index contributed by atoms with van der Waals surface area (Å²) in [6.45, 7) is 6.57. The monoisotopic (exact) mass is 386 g/mol. The Labute approximate surface area is 158 Å². The van der Waals surface area contributed by atoms with E-state index in [4.69, 9.17) is 10.8 Å². The number of carbonyl (C=O) groups excluding carboxylic acids is 4. The van der Waals surface area contributed by atoms with Crippen LogP contribution in [-0.2, 0) is 24.0 Å². The second-order valence-electron chi connectivity index (χ2n) is 6.34. The van der Waals surface area contributed by atoms with Crippen molar-refractivity contribution in [2.45, 2.75) is 71.5 Å². The van der Waals surface area contributed by atoms with E-state index < -0.39 is 41.8 Å². The summed E-state index contributed by atoms with van der Waals surface area (Å²) in [4.78, 5) is 60.3. The highest BCUT2D eigenvalue weighted by atomic mass is 16.4. The van der Waals surface area contributed by atoms with Crippen molar-refractivity contribution in [3.8, 4) is 0 Å². The predicted molar refractivity (Wildman–Crippen MR) is 97.4 cm³/mol. The Morgan fingerprint density at radius 3 is 2.11 bits per heavy atom. The molecule has 4 amide bonds. The molecule has 0 rings (SSSR count). The number of amides is 4. The highest BCUT2D eigenvalue weighted by molar-refractivity contribution is 6.02. The van der Waals surface area contributed by atoms with Crippen molar-refractivity contribution in [3.05, 3.63) is 0 Å². The van der Waals surface area contributed by atoms with Gasteiger partial charge in [-0.25, -0.2) is 0 Å². The van der Waals surface area contributed by atoms with Gasteiger partial charge in [-0.2, -0.15) is 0 Å². The van der Waals surface area contributed by atoms with Gasteiger partial charge in [-0.1, -0.05) is 6.92 Å². The number of rotatable bonds is 11. The molecule has 0 saturated carbocycles. The van der Waals surface area contributed by atoms with Gasteiger partial charge < -0.3 is 21.5 Å². The van der Waals surface area contributed by atoms with Crippen LogP contribution in [-0.4, -0.2) is 64.3 Å². The van der Waals surface area contributed by atoms with Gasteiger partial charge in [-0.05, 0) is 33.6 Å². The lowest BCUT2D eigenvalue weighted by Gasteiger charge is -2.29. The number of carboxylic acid groups (broad SMARTS) is 1. The van der Waals surface area contributed by atoms with Gasteiger partial charge in [-0.15, -0.1) is 0 Å². The zero-order valence-electron chi connectivity index (χ0n) is 16.3. The van der Waals surface area contributed by atoms with Crippen LogP contribution in [0.3, 0.4) is 0 Å². The second kappa shape index (κ2) is 12.0. The average Bonchev–Trinajstić information content (AvgIpc) is 2.58. The predicted octanol–water partition coefficient (Wildman–Crippen LogP) is -0.637. The number of hydrogen-bond acceptors (Lipinski definition) is 6. The van der Waals surface area contributed by atoms with E-state index in [-0.39, 0.29) is 25.2 Å². The third kappa shape index (κ3) is 8.63. The summed E-state index contributed by atoms with van der Waals surface area (Å²) in [5.74, 6) is -3.57. The molecular weight excluding hydrogens is 356 g/mol. The van der Waals surface area contributed by atoms with Crippen LogP contribution in [0.5, 0.6) is 0 Å². The fourth-order valence-corrected chi connectivity index (χ4v) is 2.18. The zero-order valence-corrected chi connectivity index (χ0v) is 16.3. The van der Waals surface area contributed by atoms with Crippen molar-refractivity contribution >= 4 is 29.6 Å².